The van der Waals surface area contributed by atoms with Crippen molar-refractivity contribution in [3.63, 3.8) is 0 Å². The minimum atomic E-state index is -1.37. The number of allylic oxidation sites excluding steroid dienone is 1. The Labute approximate surface area is 122 Å². The van der Waals surface area contributed by atoms with Crippen LogP contribution in [0, 0.1) is 23.2 Å². The number of primary amides is 1. The van der Waals surface area contributed by atoms with Crippen molar-refractivity contribution < 1.29 is 24.2 Å². The maximum absolute atomic E-state index is 12.3. The van der Waals surface area contributed by atoms with Crippen molar-refractivity contribution in [3.05, 3.63) is 11.6 Å². The number of rotatable bonds is 4. The Morgan fingerprint density at radius 1 is 1.52 bits per heavy atom. The summed E-state index contributed by atoms with van der Waals surface area (Å²) in [7, 11) is 0. The highest BCUT2D eigenvalue weighted by Crippen LogP contribution is 2.70. The van der Waals surface area contributed by atoms with E-state index < -0.39 is 23.1 Å². The van der Waals surface area contributed by atoms with Gasteiger partial charge in [0.05, 0.1) is 5.41 Å². The number of carbonyl (C=O) groups is 3. The average Bonchev–Trinajstić information content (AvgIpc) is 2.36. The van der Waals surface area contributed by atoms with E-state index in [9.17, 15) is 19.5 Å². The van der Waals surface area contributed by atoms with Crippen molar-refractivity contribution in [2.75, 3.05) is 0 Å². The Bertz CT molecular complexity index is 583. The van der Waals surface area contributed by atoms with Crippen molar-refractivity contribution in [1.82, 2.24) is 0 Å². The van der Waals surface area contributed by atoms with E-state index in [2.05, 4.69) is 0 Å². The van der Waals surface area contributed by atoms with E-state index in [0.717, 1.165) is 6.42 Å². The van der Waals surface area contributed by atoms with Gasteiger partial charge in [-0.15, -0.1) is 0 Å². The van der Waals surface area contributed by atoms with Crippen molar-refractivity contribution in [2.24, 2.45) is 28.9 Å². The topological polar surface area (TPSA) is 107 Å². The first-order chi connectivity index (χ1) is 9.70. The van der Waals surface area contributed by atoms with Crippen LogP contribution in [-0.4, -0.2) is 28.6 Å². The Kier molecular flexibility index (Phi) is 2.82. The molecule has 21 heavy (non-hydrogen) atoms. The molecule has 3 saturated carbocycles. The number of hydrogen-bond donors (Lipinski definition) is 2. The third-order valence-corrected chi connectivity index (χ3v) is 5.66. The average molecular weight is 293 g/mol. The number of nitrogens with two attached hydrogens (primary N) is 1. The molecule has 1 amide bonds. The molecule has 3 N–H and O–H groups in total. The molecule has 5 rings (SSSR count). The molecule has 0 aromatic heterocycles. The second kappa shape index (κ2) is 4.16. The third kappa shape index (κ3) is 1.71. The van der Waals surface area contributed by atoms with E-state index >= 15 is 0 Å². The first kappa shape index (κ1) is 14.3. The van der Waals surface area contributed by atoms with E-state index in [4.69, 9.17) is 10.5 Å². The number of ether oxygens (including phenoxy) is 1. The van der Waals surface area contributed by atoms with Crippen LogP contribution in [0.5, 0.6) is 0 Å². The molecule has 6 nitrogen and oxygen atoms in total. The lowest BCUT2D eigenvalue weighted by molar-refractivity contribution is -0.354. The van der Waals surface area contributed by atoms with Crippen LogP contribution >= 0.6 is 0 Å². The van der Waals surface area contributed by atoms with Gasteiger partial charge in [0.1, 0.15) is 0 Å². The van der Waals surface area contributed by atoms with Gasteiger partial charge in [-0.05, 0) is 31.3 Å². The number of fused-ring (bicyclic) bond motifs is 1. The van der Waals surface area contributed by atoms with E-state index in [1.54, 1.807) is 0 Å². The smallest absolute Gasteiger partial charge is 0.315 e. The number of carbonyl (C=O) groups excluding carboxylic acids is 3. The van der Waals surface area contributed by atoms with Crippen LogP contribution < -0.4 is 5.73 Å². The van der Waals surface area contributed by atoms with Crippen LogP contribution in [0.3, 0.4) is 0 Å². The van der Waals surface area contributed by atoms with Crippen LogP contribution in [0.4, 0.5) is 0 Å². The van der Waals surface area contributed by atoms with Gasteiger partial charge in [0, 0.05) is 24.3 Å². The molecule has 5 fully saturated rings. The fourth-order valence-corrected chi connectivity index (χ4v) is 4.35. The number of aliphatic hydroxyl groups is 1. The Balaban J connectivity index is 1.86. The van der Waals surface area contributed by atoms with Crippen LogP contribution in [0.1, 0.15) is 33.1 Å². The van der Waals surface area contributed by atoms with Gasteiger partial charge < -0.3 is 15.6 Å². The highest BCUT2D eigenvalue weighted by molar-refractivity contribution is 6.02. The minimum absolute atomic E-state index is 0.0174. The molecule has 5 aliphatic rings. The maximum Gasteiger partial charge on any atom is 0.315 e. The van der Waals surface area contributed by atoms with E-state index in [1.165, 1.54) is 13.0 Å². The van der Waals surface area contributed by atoms with Crippen molar-refractivity contribution in [2.45, 2.75) is 38.9 Å². The Morgan fingerprint density at radius 3 is 2.71 bits per heavy atom. The monoisotopic (exact) mass is 293 g/mol. The van der Waals surface area contributed by atoms with Gasteiger partial charge in [0.2, 0.25) is 11.7 Å². The normalized spacial score (nSPS) is 44.0. The number of amides is 1. The number of hydrogen-bond acceptors (Lipinski definition) is 5. The Morgan fingerprint density at radius 2 is 2.19 bits per heavy atom. The molecular weight excluding hydrogens is 274 g/mol. The zero-order valence-electron chi connectivity index (χ0n) is 12.1. The van der Waals surface area contributed by atoms with Crippen molar-refractivity contribution in [3.8, 4) is 0 Å². The van der Waals surface area contributed by atoms with E-state index in [1.807, 2.05) is 6.92 Å². The summed E-state index contributed by atoms with van der Waals surface area (Å²) in [5.41, 5.74) is 4.46. The fourth-order valence-electron chi connectivity index (χ4n) is 4.35. The first-order valence-corrected chi connectivity index (χ1v) is 7.17. The molecule has 2 aliphatic heterocycles. The minimum Gasteiger partial charge on any atom is -0.433 e. The van der Waals surface area contributed by atoms with Gasteiger partial charge in [-0.3, -0.25) is 14.4 Å². The molecular formula is C15H19NO5. The lowest BCUT2D eigenvalue weighted by atomic mass is 9.40. The van der Waals surface area contributed by atoms with Gasteiger partial charge in [-0.25, -0.2) is 0 Å². The molecule has 2 saturated heterocycles. The highest BCUT2D eigenvalue weighted by Gasteiger charge is 2.75. The first-order valence-electron chi connectivity index (χ1n) is 7.17. The molecule has 4 bridgehead atoms. The fraction of sp³-hybridized carbons (Fsp3) is 0.667. The van der Waals surface area contributed by atoms with E-state index in [0.29, 0.717) is 6.42 Å². The van der Waals surface area contributed by atoms with Gasteiger partial charge in [-0.2, -0.15) is 0 Å². The second-order valence-electron chi connectivity index (χ2n) is 6.64. The largest absolute Gasteiger partial charge is 0.433 e. The maximum atomic E-state index is 12.3. The Hall–Kier alpha value is -1.69. The summed E-state index contributed by atoms with van der Waals surface area (Å²) in [5.74, 6) is -3.01. The summed E-state index contributed by atoms with van der Waals surface area (Å²) in [6, 6.07) is 0. The molecule has 6 heteroatoms. The SMILES string of the molecule is C/C(=C\C(=O)C[C@]12C(=O)O[C@@]3(O)C[C@H]1C[C@@H]2[C@@H]3C)C(N)=O. The molecule has 0 radical (unpaired) electrons. The molecule has 2 heterocycles. The predicted molar refractivity (Wildman–Crippen MR) is 71.4 cm³/mol. The molecule has 3 aliphatic carbocycles. The van der Waals surface area contributed by atoms with Crippen molar-refractivity contribution in [1.29, 1.82) is 0 Å². The molecule has 0 spiro atoms. The number of esters is 1. The van der Waals surface area contributed by atoms with E-state index in [-0.39, 0.29) is 35.5 Å². The lowest BCUT2D eigenvalue weighted by Crippen LogP contribution is -2.74. The lowest BCUT2D eigenvalue weighted by Gasteiger charge is -2.68. The summed E-state index contributed by atoms with van der Waals surface area (Å²) in [5, 5.41) is 10.3. The van der Waals surface area contributed by atoms with Crippen LogP contribution in [0.2, 0.25) is 0 Å². The van der Waals surface area contributed by atoms with Gasteiger partial charge in [0.15, 0.2) is 5.78 Å². The van der Waals surface area contributed by atoms with Gasteiger partial charge in [-0.1, -0.05) is 6.92 Å². The van der Waals surface area contributed by atoms with Gasteiger partial charge >= 0.3 is 5.97 Å². The van der Waals surface area contributed by atoms with Gasteiger partial charge in [0.25, 0.3) is 0 Å². The van der Waals surface area contributed by atoms with Crippen molar-refractivity contribution >= 4 is 17.7 Å². The summed E-state index contributed by atoms with van der Waals surface area (Å²) in [6.45, 7) is 3.33. The zero-order chi connectivity index (χ0) is 15.6. The third-order valence-electron chi connectivity index (χ3n) is 5.66. The second-order valence-corrected chi connectivity index (χ2v) is 6.64. The number of ketones is 1. The summed E-state index contributed by atoms with van der Waals surface area (Å²) in [6.07, 6.45) is 2.45. The quantitative estimate of drug-likeness (QED) is 0.572. The predicted octanol–water partition coefficient (Wildman–Crippen LogP) is 0.285. The molecule has 0 aromatic rings. The summed E-state index contributed by atoms with van der Waals surface area (Å²) >= 11 is 0. The van der Waals surface area contributed by atoms with Crippen LogP contribution in [-0.2, 0) is 19.1 Å². The highest BCUT2D eigenvalue weighted by atomic mass is 16.7. The summed E-state index contributed by atoms with van der Waals surface area (Å²) in [4.78, 5) is 35.4. The summed E-state index contributed by atoms with van der Waals surface area (Å²) < 4.78 is 5.19. The molecule has 5 atom stereocenters. The van der Waals surface area contributed by atoms with Crippen LogP contribution in [0.25, 0.3) is 0 Å². The molecule has 0 unspecified atom stereocenters. The zero-order valence-corrected chi connectivity index (χ0v) is 12.1. The molecule has 0 aromatic carbocycles. The van der Waals surface area contributed by atoms with Crippen LogP contribution in [0.15, 0.2) is 11.6 Å². The standard InChI is InChI=1S/C15H19NO5/c1-7(12(16)18)3-10(17)6-14-9-4-11(14)8(2)15(20,5-9)21-13(14)19/h3,8-9,11,20H,4-6H2,1-2H3,(H2,16,18)/b7-3+/t8-,9+,11+,14-,15-/m0/s1. The molecule has 114 valence electrons.